The number of aliphatic hydroxyl groups is 1. The van der Waals surface area contributed by atoms with E-state index in [9.17, 15) is 5.11 Å². The fourth-order valence-corrected chi connectivity index (χ4v) is 2.61. The van der Waals surface area contributed by atoms with Gasteiger partial charge in [0.2, 0.25) is 0 Å². The number of benzene rings is 1. The minimum atomic E-state index is -0.689. The van der Waals surface area contributed by atoms with Crippen LogP contribution in [0.15, 0.2) is 23.4 Å². The Balaban J connectivity index is 2.39. The molecule has 1 aromatic rings. The molecule has 1 fully saturated rings. The molecule has 4 N–H and O–H groups in total. The third kappa shape index (κ3) is 2.98. The van der Waals surface area contributed by atoms with Crippen molar-refractivity contribution in [3.05, 3.63) is 29.3 Å². The SMILES string of the molecule is Cc1ccc(N2CCCC(C)(O)C2)c(/C(N)=N/O)c1. The Morgan fingerprint density at radius 2 is 2.21 bits per heavy atom. The quantitative estimate of drug-likeness (QED) is 0.326. The maximum atomic E-state index is 10.2. The summed E-state index contributed by atoms with van der Waals surface area (Å²) in [6, 6.07) is 5.85. The molecule has 1 aliphatic rings. The van der Waals surface area contributed by atoms with Crippen molar-refractivity contribution >= 4 is 11.5 Å². The van der Waals surface area contributed by atoms with Crippen molar-refractivity contribution in [3.63, 3.8) is 0 Å². The van der Waals surface area contributed by atoms with Crippen LogP contribution in [-0.4, -0.2) is 34.8 Å². The number of β-amino-alcohol motifs (C(OH)–C–C–N with tert-alkyl or cyclic N) is 1. The molecule has 0 bridgehead atoms. The summed E-state index contributed by atoms with van der Waals surface area (Å²) in [5.41, 5.74) is 7.72. The van der Waals surface area contributed by atoms with E-state index in [2.05, 4.69) is 10.1 Å². The van der Waals surface area contributed by atoms with Gasteiger partial charge in [0.05, 0.1) is 5.60 Å². The van der Waals surface area contributed by atoms with Crippen LogP contribution < -0.4 is 10.6 Å². The number of aryl methyl sites for hydroxylation is 1. The number of piperidine rings is 1. The molecule has 0 aromatic heterocycles. The largest absolute Gasteiger partial charge is 0.409 e. The maximum absolute atomic E-state index is 10.2. The van der Waals surface area contributed by atoms with Crippen molar-refractivity contribution < 1.29 is 10.3 Å². The molecular formula is C14H21N3O2. The van der Waals surface area contributed by atoms with Crippen molar-refractivity contribution in [2.45, 2.75) is 32.3 Å². The lowest BCUT2D eigenvalue weighted by Crippen LogP contribution is -2.46. The van der Waals surface area contributed by atoms with Crippen LogP contribution in [0.4, 0.5) is 5.69 Å². The highest BCUT2D eigenvalue weighted by Crippen LogP contribution is 2.28. The number of amidine groups is 1. The highest BCUT2D eigenvalue weighted by atomic mass is 16.4. The van der Waals surface area contributed by atoms with Gasteiger partial charge in [0.25, 0.3) is 0 Å². The molecule has 1 saturated heterocycles. The Hall–Kier alpha value is -1.75. The molecule has 5 nitrogen and oxygen atoms in total. The molecule has 1 aliphatic heterocycles. The maximum Gasteiger partial charge on any atom is 0.172 e. The number of hydrogen-bond acceptors (Lipinski definition) is 4. The standard InChI is InChI=1S/C14H21N3O2/c1-10-4-5-12(11(8-10)13(15)16-19)17-7-3-6-14(2,18)9-17/h4-5,8,18-19H,3,6-7,9H2,1-2H3,(H2,15,16). The predicted molar refractivity (Wildman–Crippen MR) is 75.8 cm³/mol. The van der Waals surface area contributed by atoms with Crippen LogP contribution in [0.1, 0.15) is 30.9 Å². The normalized spacial score (nSPS) is 24.6. The molecule has 0 amide bonds. The van der Waals surface area contributed by atoms with Gasteiger partial charge in [-0.15, -0.1) is 0 Å². The van der Waals surface area contributed by atoms with Crippen LogP contribution in [0.5, 0.6) is 0 Å². The molecule has 19 heavy (non-hydrogen) atoms. The van der Waals surface area contributed by atoms with E-state index in [1.54, 1.807) is 0 Å². The monoisotopic (exact) mass is 263 g/mol. The molecule has 0 aliphatic carbocycles. The molecule has 0 saturated carbocycles. The van der Waals surface area contributed by atoms with Crippen molar-refractivity contribution in [1.82, 2.24) is 0 Å². The summed E-state index contributed by atoms with van der Waals surface area (Å²) >= 11 is 0. The number of nitrogens with two attached hydrogens (primary N) is 1. The Morgan fingerprint density at radius 1 is 1.47 bits per heavy atom. The Kier molecular flexibility index (Phi) is 3.66. The Morgan fingerprint density at radius 3 is 2.84 bits per heavy atom. The lowest BCUT2D eigenvalue weighted by atomic mass is 9.94. The molecule has 1 aromatic carbocycles. The van der Waals surface area contributed by atoms with Gasteiger partial charge in [-0.2, -0.15) is 0 Å². The second kappa shape index (κ2) is 5.09. The molecule has 1 atom stereocenters. The molecular weight excluding hydrogens is 242 g/mol. The highest BCUT2D eigenvalue weighted by Gasteiger charge is 2.29. The fourth-order valence-electron chi connectivity index (χ4n) is 2.61. The van der Waals surface area contributed by atoms with Crippen molar-refractivity contribution in [2.75, 3.05) is 18.0 Å². The van der Waals surface area contributed by atoms with Crippen LogP contribution in [0, 0.1) is 6.92 Å². The van der Waals surface area contributed by atoms with E-state index in [1.807, 2.05) is 32.0 Å². The molecule has 1 unspecified atom stereocenters. The minimum absolute atomic E-state index is 0.101. The first-order valence-corrected chi connectivity index (χ1v) is 6.49. The van der Waals surface area contributed by atoms with E-state index in [0.717, 1.165) is 30.6 Å². The summed E-state index contributed by atoms with van der Waals surface area (Å²) in [4.78, 5) is 2.09. The summed E-state index contributed by atoms with van der Waals surface area (Å²) in [6.07, 6.45) is 1.73. The molecule has 0 radical (unpaired) electrons. The first-order valence-electron chi connectivity index (χ1n) is 6.49. The zero-order valence-electron chi connectivity index (χ0n) is 11.4. The second-order valence-corrected chi connectivity index (χ2v) is 5.53. The molecule has 0 spiro atoms. The second-order valence-electron chi connectivity index (χ2n) is 5.53. The van der Waals surface area contributed by atoms with E-state index in [1.165, 1.54) is 0 Å². The van der Waals surface area contributed by atoms with E-state index in [-0.39, 0.29) is 5.84 Å². The average Bonchev–Trinajstić information content (AvgIpc) is 2.36. The van der Waals surface area contributed by atoms with Gasteiger partial charge in [0, 0.05) is 24.3 Å². The van der Waals surface area contributed by atoms with E-state index in [0.29, 0.717) is 12.1 Å². The number of nitrogens with zero attached hydrogens (tertiary/aromatic N) is 2. The Labute approximate surface area is 113 Å². The smallest absolute Gasteiger partial charge is 0.172 e. The van der Waals surface area contributed by atoms with Gasteiger partial charge in [-0.1, -0.05) is 16.8 Å². The highest BCUT2D eigenvalue weighted by molar-refractivity contribution is 6.02. The van der Waals surface area contributed by atoms with Crippen molar-refractivity contribution in [3.8, 4) is 0 Å². The summed E-state index contributed by atoms with van der Waals surface area (Å²) < 4.78 is 0. The third-order valence-corrected chi connectivity index (χ3v) is 3.55. The number of anilines is 1. The van der Waals surface area contributed by atoms with E-state index >= 15 is 0 Å². The van der Waals surface area contributed by atoms with Crippen LogP contribution in [0.3, 0.4) is 0 Å². The predicted octanol–water partition coefficient (Wildman–Crippen LogP) is 1.44. The average molecular weight is 263 g/mol. The third-order valence-electron chi connectivity index (χ3n) is 3.55. The topological polar surface area (TPSA) is 82.1 Å². The molecule has 5 heteroatoms. The van der Waals surface area contributed by atoms with Gasteiger partial charge in [0.1, 0.15) is 0 Å². The van der Waals surface area contributed by atoms with Gasteiger partial charge in [-0.25, -0.2) is 0 Å². The van der Waals surface area contributed by atoms with Gasteiger partial charge in [-0.3, -0.25) is 0 Å². The van der Waals surface area contributed by atoms with Gasteiger partial charge in [-0.05, 0) is 38.8 Å². The van der Waals surface area contributed by atoms with Crippen LogP contribution in [0.25, 0.3) is 0 Å². The van der Waals surface area contributed by atoms with Crippen molar-refractivity contribution in [2.24, 2.45) is 10.9 Å². The van der Waals surface area contributed by atoms with Crippen LogP contribution in [0.2, 0.25) is 0 Å². The summed E-state index contributed by atoms with van der Waals surface area (Å²) in [7, 11) is 0. The van der Waals surface area contributed by atoms with E-state index < -0.39 is 5.60 Å². The molecule has 104 valence electrons. The Bertz CT molecular complexity index is 497. The van der Waals surface area contributed by atoms with Crippen molar-refractivity contribution in [1.29, 1.82) is 0 Å². The fraction of sp³-hybridized carbons (Fsp3) is 0.500. The first-order chi connectivity index (χ1) is 8.93. The van der Waals surface area contributed by atoms with Crippen LogP contribution in [-0.2, 0) is 0 Å². The minimum Gasteiger partial charge on any atom is -0.409 e. The number of hydrogen-bond donors (Lipinski definition) is 3. The van der Waals surface area contributed by atoms with Gasteiger partial charge < -0.3 is 20.9 Å². The van der Waals surface area contributed by atoms with E-state index in [4.69, 9.17) is 10.9 Å². The summed E-state index contributed by atoms with van der Waals surface area (Å²) in [6.45, 7) is 5.23. The molecule has 2 rings (SSSR count). The lowest BCUT2D eigenvalue weighted by molar-refractivity contribution is 0.0449. The summed E-state index contributed by atoms with van der Waals surface area (Å²) in [5.74, 6) is 0.101. The first kappa shape index (κ1) is 13.7. The number of oxime groups is 1. The zero-order chi connectivity index (χ0) is 14.0. The lowest BCUT2D eigenvalue weighted by Gasteiger charge is -2.39. The number of rotatable bonds is 2. The van der Waals surface area contributed by atoms with Gasteiger partial charge in [0.15, 0.2) is 5.84 Å². The van der Waals surface area contributed by atoms with Gasteiger partial charge >= 0.3 is 0 Å². The zero-order valence-corrected chi connectivity index (χ0v) is 11.4. The summed E-state index contributed by atoms with van der Waals surface area (Å²) in [5, 5.41) is 22.2. The van der Waals surface area contributed by atoms with Crippen LogP contribution >= 0.6 is 0 Å². The molecule has 1 heterocycles.